The minimum Gasteiger partial charge on any atom is -0.397 e. The Morgan fingerprint density at radius 2 is 1.79 bits per heavy atom. The summed E-state index contributed by atoms with van der Waals surface area (Å²) in [7, 11) is -7.08. The van der Waals surface area contributed by atoms with Gasteiger partial charge in [0.1, 0.15) is 9.84 Å². The van der Waals surface area contributed by atoms with Crippen molar-refractivity contribution < 1.29 is 16.8 Å². The molecule has 0 aromatic heterocycles. The molecule has 0 fully saturated rings. The summed E-state index contributed by atoms with van der Waals surface area (Å²) in [5.74, 6) is -0.932. The van der Waals surface area contributed by atoms with Crippen LogP contribution >= 0.6 is 15.9 Å². The number of sulfone groups is 1. The predicted molar refractivity (Wildman–Crippen MR) is 80.4 cm³/mol. The molecule has 19 heavy (non-hydrogen) atoms. The molecule has 0 saturated heterocycles. The van der Waals surface area contributed by atoms with Gasteiger partial charge >= 0.3 is 0 Å². The van der Waals surface area contributed by atoms with Crippen LogP contribution in [0.15, 0.2) is 16.6 Å². The minimum atomic E-state index is -3.75. The maximum absolute atomic E-state index is 11.8. The number of benzene rings is 1. The fourth-order valence-electron chi connectivity index (χ4n) is 1.38. The summed E-state index contributed by atoms with van der Waals surface area (Å²) in [6.45, 7) is 1.70. The largest absolute Gasteiger partial charge is 0.397 e. The van der Waals surface area contributed by atoms with E-state index in [-0.39, 0.29) is 11.4 Å². The Bertz CT molecular complexity index is 660. The summed E-state index contributed by atoms with van der Waals surface area (Å²) < 4.78 is 48.6. The Kier molecular flexibility index (Phi) is 4.86. The lowest BCUT2D eigenvalue weighted by Crippen LogP contribution is -2.23. The zero-order chi connectivity index (χ0) is 14.8. The van der Waals surface area contributed by atoms with Crippen molar-refractivity contribution >= 4 is 47.2 Å². The number of hydrogen-bond donors (Lipinski definition) is 2. The first-order valence-corrected chi connectivity index (χ1v) is 9.74. The van der Waals surface area contributed by atoms with E-state index >= 15 is 0 Å². The number of nitrogens with one attached hydrogen (secondary N) is 1. The number of hydrogen-bond acceptors (Lipinski definition) is 5. The molecule has 108 valence electrons. The van der Waals surface area contributed by atoms with Crippen LogP contribution < -0.4 is 10.5 Å². The van der Waals surface area contributed by atoms with E-state index < -0.39 is 31.4 Å². The average Bonchev–Trinajstić information content (AvgIpc) is 2.20. The fourth-order valence-corrected chi connectivity index (χ4v) is 4.75. The van der Waals surface area contributed by atoms with Crippen molar-refractivity contribution in [2.45, 2.75) is 6.92 Å². The molecule has 0 aliphatic heterocycles. The summed E-state index contributed by atoms with van der Waals surface area (Å²) in [5.41, 5.74) is 6.93. The van der Waals surface area contributed by atoms with E-state index in [2.05, 4.69) is 20.7 Å². The summed E-state index contributed by atoms with van der Waals surface area (Å²) in [6.07, 6.45) is 0.988. The standard InChI is InChI=1S/C10H15BrN2O4S2/c1-7-5-8(11)6-9(12)10(7)13-19(16,17)4-3-18(2,14)15/h5-6,13H,3-4,12H2,1-2H3. The first-order valence-electron chi connectivity index (χ1n) is 5.24. The number of rotatable bonds is 5. The molecule has 6 nitrogen and oxygen atoms in total. The predicted octanol–water partition coefficient (Wildman–Crippen LogP) is 1.13. The smallest absolute Gasteiger partial charge is 0.233 e. The van der Waals surface area contributed by atoms with Crippen LogP contribution in [0.1, 0.15) is 5.56 Å². The first kappa shape index (κ1) is 16.3. The third kappa shape index (κ3) is 5.37. The van der Waals surface area contributed by atoms with Crippen molar-refractivity contribution in [3.63, 3.8) is 0 Å². The molecule has 0 unspecified atom stereocenters. The molecule has 0 atom stereocenters. The van der Waals surface area contributed by atoms with Crippen molar-refractivity contribution in [2.24, 2.45) is 0 Å². The third-order valence-electron chi connectivity index (χ3n) is 2.31. The Morgan fingerprint density at radius 1 is 1.21 bits per heavy atom. The van der Waals surface area contributed by atoms with Crippen molar-refractivity contribution in [1.29, 1.82) is 0 Å². The van der Waals surface area contributed by atoms with Crippen LogP contribution in [0, 0.1) is 6.92 Å². The second-order valence-corrected chi connectivity index (χ2v) is 9.26. The van der Waals surface area contributed by atoms with Gasteiger partial charge in [-0.05, 0) is 24.6 Å². The molecule has 1 aromatic carbocycles. The van der Waals surface area contributed by atoms with Gasteiger partial charge in [0.2, 0.25) is 10.0 Å². The third-order valence-corrected chi connectivity index (χ3v) is 5.23. The Labute approximate surface area is 121 Å². The zero-order valence-corrected chi connectivity index (χ0v) is 13.7. The lowest BCUT2D eigenvalue weighted by Gasteiger charge is -2.13. The van der Waals surface area contributed by atoms with Crippen LogP contribution in [0.4, 0.5) is 11.4 Å². The molecular formula is C10H15BrN2O4S2. The van der Waals surface area contributed by atoms with Gasteiger partial charge in [-0.3, -0.25) is 4.72 Å². The Balaban J connectivity index is 2.96. The summed E-state index contributed by atoms with van der Waals surface area (Å²) in [5, 5.41) is 0. The van der Waals surface area contributed by atoms with Crippen LogP contribution in [0.5, 0.6) is 0 Å². The van der Waals surface area contributed by atoms with Crippen molar-refractivity contribution in [3.8, 4) is 0 Å². The number of aryl methyl sites for hydroxylation is 1. The average molecular weight is 371 g/mol. The van der Waals surface area contributed by atoms with Gasteiger partial charge in [0, 0.05) is 10.7 Å². The summed E-state index contributed by atoms with van der Waals surface area (Å²) >= 11 is 3.25. The van der Waals surface area contributed by atoms with Gasteiger partial charge < -0.3 is 5.73 Å². The van der Waals surface area contributed by atoms with Crippen LogP contribution in [0.2, 0.25) is 0 Å². The van der Waals surface area contributed by atoms with Crippen molar-refractivity contribution in [3.05, 3.63) is 22.2 Å². The summed E-state index contributed by atoms with van der Waals surface area (Å²) in [4.78, 5) is 0. The molecule has 0 bridgehead atoms. The van der Waals surface area contributed by atoms with Gasteiger partial charge in [-0.15, -0.1) is 0 Å². The number of nitrogen functional groups attached to an aromatic ring is 1. The molecule has 0 radical (unpaired) electrons. The van der Waals surface area contributed by atoms with E-state index in [1.807, 2.05) is 0 Å². The molecule has 0 saturated carbocycles. The van der Waals surface area contributed by atoms with Crippen molar-refractivity contribution in [2.75, 3.05) is 28.2 Å². The Morgan fingerprint density at radius 3 is 2.26 bits per heavy atom. The number of nitrogens with two attached hydrogens (primary N) is 1. The molecule has 0 amide bonds. The molecule has 3 N–H and O–H groups in total. The highest BCUT2D eigenvalue weighted by Crippen LogP contribution is 2.28. The Hall–Kier alpha value is -0.800. The monoisotopic (exact) mass is 370 g/mol. The van der Waals surface area contributed by atoms with Gasteiger partial charge in [0.15, 0.2) is 0 Å². The molecule has 1 rings (SSSR count). The molecule has 0 spiro atoms. The second kappa shape index (κ2) is 5.68. The van der Waals surface area contributed by atoms with E-state index in [0.29, 0.717) is 5.56 Å². The number of anilines is 2. The van der Waals surface area contributed by atoms with Crippen LogP contribution in [0.25, 0.3) is 0 Å². The van der Waals surface area contributed by atoms with Gasteiger partial charge in [-0.2, -0.15) is 0 Å². The normalized spacial score (nSPS) is 12.4. The van der Waals surface area contributed by atoms with Gasteiger partial charge in [0.05, 0.1) is 22.9 Å². The molecule has 0 aliphatic rings. The number of halogens is 1. The highest BCUT2D eigenvalue weighted by molar-refractivity contribution is 9.10. The molecule has 0 aliphatic carbocycles. The van der Waals surface area contributed by atoms with Gasteiger partial charge in [0.25, 0.3) is 0 Å². The van der Waals surface area contributed by atoms with E-state index in [9.17, 15) is 16.8 Å². The molecule has 1 aromatic rings. The van der Waals surface area contributed by atoms with Gasteiger partial charge in [-0.1, -0.05) is 15.9 Å². The molecular weight excluding hydrogens is 356 g/mol. The molecule has 9 heteroatoms. The topological polar surface area (TPSA) is 106 Å². The molecule has 0 heterocycles. The van der Waals surface area contributed by atoms with E-state index in [4.69, 9.17) is 5.73 Å². The fraction of sp³-hybridized carbons (Fsp3) is 0.400. The highest BCUT2D eigenvalue weighted by atomic mass is 79.9. The maximum Gasteiger partial charge on any atom is 0.233 e. The van der Waals surface area contributed by atoms with Crippen LogP contribution in [0.3, 0.4) is 0 Å². The quantitative estimate of drug-likeness (QED) is 0.755. The summed E-state index contributed by atoms with van der Waals surface area (Å²) in [6, 6.07) is 3.28. The van der Waals surface area contributed by atoms with E-state index in [1.54, 1.807) is 19.1 Å². The van der Waals surface area contributed by atoms with E-state index in [1.165, 1.54) is 0 Å². The lowest BCUT2D eigenvalue weighted by atomic mass is 10.2. The zero-order valence-electron chi connectivity index (χ0n) is 10.5. The minimum absolute atomic E-state index is 0.273. The number of sulfonamides is 1. The van der Waals surface area contributed by atoms with Crippen LogP contribution in [-0.4, -0.2) is 34.6 Å². The van der Waals surface area contributed by atoms with Crippen LogP contribution in [-0.2, 0) is 19.9 Å². The highest BCUT2D eigenvalue weighted by Gasteiger charge is 2.17. The van der Waals surface area contributed by atoms with Crippen molar-refractivity contribution in [1.82, 2.24) is 0 Å². The van der Waals surface area contributed by atoms with Gasteiger partial charge in [-0.25, -0.2) is 16.8 Å². The van der Waals surface area contributed by atoms with E-state index in [0.717, 1.165) is 10.7 Å². The lowest BCUT2D eigenvalue weighted by molar-refractivity contribution is 0.593. The first-order chi connectivity index (χ1) is 8.50. The second-order valence-electron chi connectivity index (χ2n) is 4.24. The maximum atomic E-state index is 11.8. The SMILES string of the molecule is Cc1cc(Br)cc(N)c1NS(=O)(=O)CCS(C)(=O)=O.